The van der Waals surface area contributed by atoms with Crippen LogP contribution in [0.3, 0.4) is 0 Å². The Morgan fingerprint density at radius 3 is 2.65 bits per heavy atom. The number of aliphatic hydroxyl groups excluding tert-OH is 1. The third-order valence-corrected chi connectivity index (χ3v) is 4.71. The number of aromatic nitrogens is 1. The molecule has 0 aliphatic carbocycles. The highest BCUT2D eigenvalue weighted by Crippen LogP contribution is 2.26. The monoisotopic (exact) mass is 323 g/mol. The fraction of sp³-hybridized carbons (Fsp3) is 0.750. The number of morpholine rings is 1. The number of nitrogens with zero attached hydrogens (tertiary/aromatic N) is 3. The third kappa shape index (κ3) is 3.13. The number of likely N-dealkylation sites (tertiary alicyclic amines) is 1. The number of rotatable bonds is 3. The van der Waals surface area contributed by atoms with Crippen molar-refractivity contribution in [3.05, 3.63) is 17.0 Å². The summed E-state index contributed by atoms with van der Waals surface area (Å²) in [6.45, 7) is 9.58. The molecule has 0 aromatic carbocycles. The van der Waals surface area contributed by atoms with Gasteiger partial charge < -0.3 is 19.3 Å². The highest BCUT2D eigenvalue weighted by molar-refractivity contribution is 5.96. The molecule has 2 aliphatic heterocycles. The number of hydrogen-bond donors (Lipinski definition) is 1. The maximum absolute atomic E-state index is 12.9. The molecule has 3 rings (SSSR count). The van der Waals surface area contributed by atoms with E-state index in [9.17, 15) is 9.90 Å². The minimum absolute atomic E-state index is 0.0227. The summed E-state index contributed by atoms with van der Waals surface area (Å²) in [5.74, 6) is 0.569. The van der Waals surface area contributed by atoms with Crippen LogP contribution < -0.4 is 0 Å². The minimum atomic E-state index is -0.528. The molecule has 0 saturated carbocycles. The van der Waals surface area contributed by atoms with Crippen molar-refractivity contribution >= 4 is 5.91 Å². The molecule has 1 aromatic heterocycles. The molecule has 2 atom stereocenters. The Hall–Kier alpha value is -1.44. The molecule has 0 spiro atoms. The highest BCUT2D eigenvalue weighted by Gasteiger charge is 2.39. The van der Waals surface area contributed by atoms with Crippen LogP contribution in [0.5, 0.6) is 0 Å². The first-order chi connectivity index (χ1) is 11.0. The van der Waals surface area contributed by atoms with Crippen LogP contribution in [0.2, 0.25) is 0 Å². The van der Waals surface area contributed by atoms with Gasteiger partial charge >= 0.3 is 0 Å². The van der Waals surface area contributed by atoms with Crippen molar-refractivity contribution in [1.82, 2.24) is 15.0 Å². The first-order valence-electron chi connectivity index (χ1n) is 8.24. The fourth-order valence-electron chi connectivity index (χ4n) is 3.40. The van der Waals surface area contributed by atoms with Crippen molar-refractivity contribution in [3.63, 3.8) is 0 Å². The van der Waals surface area contributed by atoms with E-state index in [0.29, 0.717) is 43.3 Å². The molecule has 0 unspecified atom stereocenters. The molecular formula is C16H25N3O4. The van der Waals surface area contributed by atoms with Gasteiger partial charge in [-0.2, -0.15) is 0 Å². The lowest BCUT2D eigenvalue weighted by Crippen LogP contribution is -2.49. The van der Waals surface area contributed by atoms with Crippen molar-refractivity contribution in [2.75, 3.05) is 39.4 Å². The number of carbonyl (C=O) groups excluding carboxylic acids is 1. The first kappa shape index (κ1) is 16.4. The van der Waals surface area contributed by atoms with Crippen LogP contribution in [0.4, 0.5) is 0 Å². The predicted octanol–water partition coefficient (Wildman–Crippen LogP) is 0.624. The van der Waals surface area contributed by atoms with Crippen LogP contribution in [0.1, 0.15) is 41.6 Å². The maximum Gasteiger partial charge on any atom is 0.259 e. The van der Waals surface area contributed by atoms with Crippen LogP contribution >= 0.6 is 0 Å². The van der Waals surface area contributed by atoms with Gasteiger partial charge in [0.05, 0.1) is 31.1 Å². The third-order valence-electron chi connectivity index (χ3n) is 4.71. The molecule has 2 saturated heterocycles. The number of hydrogen-bond acceptors (Lipinski definition) is 6. The van der Waals surface area contributed by atoms with E-state index in [1.54, 1.807) is 11.8 Å². The Balaban J connectivity index is 1.75. The van der Waals surface area contributed by atoms with Gasteiger partial charge in [0.25, 0.3) is 5.91 Å². The predicted molar refractivity (Wildman–Crippen MR) is 83.4 cm³/mol. The number of ether oxygens (including phenoxy) is 1. The molecule has 0 bridgehead atoms. The number of carbonyl (C=O) groups is 1. The number of amides is 1. The topological polar surface area (TPSA) is 79.0 Å². The number of β-amino-alcohol motifs (C(OH)–C–C–N with tert-alkyl or cyclic N) is 1. The quantitative estimate of drug-likeness (QED) is 0.879. The Bertz CT molecular complexity index is 566. The summed E-state index contributed by atoms with van der Waals surface area (Å²) in [5, 5.41) is 14.4. The Labute approximate surface area is 136 Å². The average Bonchev–Trinajstić information content (AvgIpc) is 3.11. The van der Waals surface area contributed by atoms with Gasteiger partial charge in [0.15, 0.2) is 0 Å². The molecule has 23 heavy (non-hydrogen) atoms. The lowest BCUT2D eigenvalue weighted by Gasteiger charge is -2.33. The summed E-state index contributed by atoms with van der Waals surface area (Å²) < 4.78 is 10.6. The second-order valence-electron chi connectivity index (χ2n) is 6.65. The second kappa shape index (κ2) is 6.59. The smallest absolute Gasteiger partial charge is 0.259 e. The summed E-state index contributed by atoms with van der Waals surface area (Å²) in [5.41, 5.74) is 1.24. The molecule has 3 heterocycles. The summed E-state index contributed by atoms with van der Waals surface area (Å²) in [7, 11) is 0. The van der Waals surface area contributed by atoms with Gasteiger partial charge in [0.1, 0.15) is 11.3 Å². The Morgan fingerprint density at radius 2 is 2.00 bits per heavy atom. The summed E-state index contributed by atoms with van der Waals surface area (Å²) in [4.78, 5) is 16.8. The molecule has 7 heteroatoms. The zero-order valence-electron chi connectivity index (χ0n) is 14.0. The van der Waals surface area contributed by atoms with E-state index in [1.807, 2.05) is 13.8 Å². The van der Waals surface area contributed by atoms with Gasteiger partial charge in [-0.25, -0.2) is 0 Å². The van der Waals surface area contributed by atoms with E-state index in [2.05, 4.69) is 10.1 Å². The molecule has 128 valence electrons. The van der Waals surface area contributed by atoms with E-state index in [-0.39, 0.29) is 17.9 Å². The molecular weight excluding hydrogens is 298 g/mol. The zero-order chi connectivity index (χ0) is 16.6. The molecule has 0 radical (unpaired) electrons. The molecule has 2 fully saturated rings. The van der Waals surface area contributed by atoms with Gasteiger partial charge in [0, 0.05) is 26.2 Å². The van der Waals surface area contributed by atoms with Gasteiger partial charge in [-0.15, -0.1) is 0 Å². The van der Waals surface area contributed by atoms with E-state index >= 15 is 0 Å². The maximum atomic E-state index is 12.9. The fourth-order valence-corrected chi connectivity index (χ4v) is 3.40. The van der Waals surface area contributed by atoms with Crippen molar-refractivity contribution < 1.29 is 19.2 Å². The standard InChI is InChI=1S/C16H25N3O4/c1-10(2)15-14(11(3)23-17-15)16(21)19-8-12(13(20)9-19)18-4-6-22-7-5-18/h10,12-13,20H,4-9H2,1-3H3/t12-,13-/m1/s1. The highest BCUT2D eigenvalue weighted by atomic mass is 16.5. The summed E-state index contributed by atoms with van der Waals surface area (Å²) in [6, 6.07) is -0.0227. The van der Waals surface area contributed by atoms with E-state index in [4.69, 9.17) is 9.26 Å². The van der Waals surface area contributed by atoms with Gasteiger partial charge in [-0.05, 0) is 12.8 Å². The van der Waals surface area contributed by atoms with Crippen molar-refractivity contribution in [1.29, 1.82) is 0 Å². The van der Waals surface area contributed by atoms with Crippen molar-refractivity contribution in [3.8, 4) is 0 Å². The average molecular weight is 323 g/mol. The lowest BCUT2D eigenvalue weighted by atomic mass is 10.0. The number of aryl methyl sites for hydroxylation is 1. The van der Waals surface area contributed by atoms with Crippen LogP contribution in [-0.2, 0) is 4.74 Å². The Kier molecular flexibility index (Phi) is 4.70. The van der Waals surface area contributed by atoms with Crippen molar-refractivity contribution in [2.45, 2.75) is 38.8 Å². The van der Waals surface area contributed by atoms with E-state index in [0.717, 1.165) is 13.1 Å². The van der Waals surface area contributed by atoms with Crippen LogP contribution in [0.25, 0.3) is 0 Å². The van der Waals surface area contributed by atoms with Crippen LogP contribution in [0.15, 0.2) is 4.52 Å². The van der Waals surface area contributed by atoms with Gasteiger partial charge in [-0.3, -0.25) is 9.69 Å². The molecule has 7 nitrogen and oxygen atoms in total. The molecule has 1 amide bonds. The van der Waals surface area contributed by atoms with E-state index in [1.165, 1.54) is 0 Å². The molecule has 1 aromatic rings. The SMILES string of the molecule is Cc1onc(C(C)C)c1C(=O)N1C[C@@H](O)[C@H](N2CCOCC2)C1. The largest absolute Gasteiger partial charge is 0.390 e. The summed E-state index contributed by atoms with van der Waals surface area (Å²) in [6.07, 6.45) is -0.528. The van der Waals surface area contributed by atoms with Gasteiger partial charge in [0.2, 0.25) is 0 Å². The second-order valence-corrected chi connectivity index (χ2v) is 6.65. The summed E-state index contributed by atoms with van der Waals surface area (Å²) >= 11 is 0. The number of aliphatic hydroxyl groups is 1. The minimum Gasteiger partial charge on any atom is -0.390 e. The van der Waals surface area contributed by atoms with Crippen LogP contribution in [-0.4, -0.2) is 77.5 Å². The first-order valence-corrected chi connectivity index (χ1v) is 8.24. The Morgan fingerprint density at radius 1 is 1.30 bits per heavy atom. The molecule has 1 N–H and O–H groups in total. The van der Waals surface area contributed by atoms with E-state index < -0.39 is 6.10 Å². The lowest BCUT2D eigenvalue weighted by molar-refractivity contribution is -0.00611. The van der Waals surface area contributed by atoms with Crippen LogP contribution in [0, 0.1) is 6.92 Å². The normalized spacial score (nSPS) is 26.2. The zero-order valence-corrected chi connectivity index (χ0v) is 14.0. The van der Waals surface area contributed by atoms with Gasteiger partial charge in [-0.1, -0.05) is 19.0 Å². The van der Waals surface area contributed by atoms with Crippen molar-refractivity contribution in [2.24, 2.45) is 0 Å². The molecule has 2 aliphatic rings.